The minimum Gasteiger partial charge on any atom is -0.492 e. The molecule has 162 valence electrons. The van der Waals surface area contributed by atoms with Gasteiger partial charge < -0.3 is 9.30 Å². The summed E-state index contributed by atoms with van der Waals surface area (Å²) in [6, 6.07) is 6.09. The fraction of sp³-hybridized carbons (Fsp3) is 0.273. The Morgan fingerprint density at radius 2 is 1.97 bits per heavy atom. The molecule has 0 aliphatic rings. The van der Waals surface area contributed by atoms with Crippen LogP contribution in [0.4, 0.5) is 8.78 Å². The van der Waals surface area contributed by atoms with Gasteiger partial charge in [-0.1, -0.05) is 11.3 Å². The highest BCUT2D eigenvalue weighted by Crippen LogP contribution is 2.20. The van der Waals surface area contributed by atoms with Crippen LogP contribution in [0.15, 0.2) is 59.4 Å². The van der Waals surface area contributed by atoms with Crippen molar-refractivity contribution in [3.8, 4) is 5.82 Å². The number of hydrogen-bond acceptors (Lipinski definition) is 5. The topological polar surface area (TPSA) is 74.8 Å². The van der Waals surface area contributed by atoms with E-state index in [1.807, 2.05) is 26.0 Å². The molecule has 0 amide bonds. The Morgan fingerprint density at radius 3 is 2.61 bits per heavy atom. The van der Waals surface area contributed by atoms with E-state index in [1.54, 1.807) is 26.2 Å². The summed E-state index contributed by atoms with van der Waals surface area (Å²) in [5, 5.41) is 8.09. The lowest BCUT2D eigenvalue weighted by atomic mass is 10.1. The number of ether oxygens (including phenoxy) is 1. The summed E-state index contributed by atoms with van der Waals surface area (Å²) >= 11 is 0. The summed E-state index contributed by atoms with van der Waals surface area (Å²) in [5.74, 6) is 1.05. The molecular formula is C22H23F2N5O2. The van der Waals surface area contributed by atoms with Gasteiger partial charge >= 0.3 is 0 Å². The Bertz CT molecular complexity index is 1180. The van der Waals surface area contributed by atoms with Crippen molar-refractivity contribution in [3.05, 3.63) is 87.4 Å². The van der Waals surface area contributed by atoms with Crippen molar-refractivity contribution in [1.82, 2.24) is 24.5 Å². The van der Waals surface area contributed by atoms with Gasteiger partial charge in [-0.15, -0.1) is 5.10 Å². The Hall–Kier alpha value is -3.62. The first-order chi connectivity index (χ1) is 14.8. The molecule has 3 aromatic heterocycles. The zero-order valence-corrected chi connectivity index (χ0v) is 17.7. The number of allylic oxidation sites excluding steroid dienone is 4. The van der Waals surface area contributed by atoms with Crippen LogP contribution in [-0.4, -0.2) is 24.5 Å². The maximum atomic E-state index is 12.7. The Morgan fingerprint density at radius 1 is 1.19 bits per heavy atom. The normalized spacial score (nSPS) is 12.5. The van der Waals surface area contributed by atoms with Crippen LogP contribution >= 0.6 is 0 Å². The van der Waals surface area contributed by atoms with E-state index < -0.39 is 6.43 Å². The first kappa shape index (κ1) is 22.1. The lowest BCUT2D eigenvalue weighted by Crippen LogP contribution is -2.14. The fourth-order valence-corrected chi connectivity index (χ4v) is 2.77. The maximum absolute atomic E-state index is 12.7. The minimum atomic E-state index is -2.58. The number of nitrogens with zero attached hydrogens (tertiary/aromatic N) is 5. The smallest absolute Gasteiger partial charge is 0.265 e. The molecule has 0 aliphatic heterocycles. The van der Waals surface area contributed by atoms with Crippen LogP contribution in [0.5, 0.6) is 0 Å². The van der Waals surface area contributed by atoms with Crippen molar-refractivity contribution < 1.29 is 13.5 Å². The number of aromatic nitrogens is 5. The zero-order chi connectivity index (χ0) is 22.5. The lowest BCUT2D eigenvalue weighted by molar-refractivity contribution is 0.151. The second-order valence-corrected chi connectivity index (χ2v) is 7.07. The van der Waals surface area contributed by atoms with Crippen LogP contribution in [0.1, 0.15) is 42.8 Å². The molecule has 9 heteroatoms. The van der Waals surface area contributed by atoms with Gasteiger partial charge in [0.1, 0.15) is 12.3 Å². The van der Waals surface area contributed by atoms with Gasteiger partial charge in [-0.2, -0.15) is 4.68 Å². The molecule has 0 saturated carbocycles. The average Bonchev–Trinajstić information content (AvgIpc) is 3.12. The SMILES string of the molecule is C/C(=C\C=C(/C)c1ccc(=O)n(C)c1)OCc1c(C)nnn1-c1ccc(C(F)F)cn1. The fourth-order valence-electron chi connectivity index (χ4n) is 2.77. The van der Waals surface area contributed by atoms with Gasteiger partial charge in [0, 0.05) is 31.1 Å². The third-order valence-corrected chi connectivity index (χ3v) is 4.74. The van der Waals surface area contributed by atoms with Gasteiger partial charge in [-0.3, -0.25) is 4.79 Å². The standard InChI is InChI=1S/C22H23F2N5O2/c1-14(18-8-10-21(30)28(4)12-18)5-6-15(2)31-13-19-16(3)26-27-29(19)20-9-7-17(11-25-20)22(23)24/h5-12,22H,13H2,1-4H3/b14-5+,15-6+. The highest BCUT2D eigenvalue weighted by Gasteiger charge is 2.14. The average molecular weight is 427 g/mol. The van der Waals surface area contributed by atoms with Gasteiger partial charge in [0.25, 0.3) is 6.43 Å². The largest absolute Gasteiger partial charge is 0.492 e. The van der Waals surface area contributed by atoms with Crippen LogP contribution in [0.2, 0.25) is 0 Å². The molecule has 0 N–H and O–H groups in total. The molecule has 0 atom stereocenters. The van der Waals surface area contributed by atoms with Crippen molar-refractivity contribution in [2.24, 2.45) is 7.05 Å². The van der Waals surface area contributed by atoms with Gasteiger partial charge in [-0.05, 0) is 56.2 Å². The van der Waals surface area contributed by atoms with E-state index in [-0.39, 0.29) is 17.7 Å². The summed E-state index contributed by atoms with van der Waals surface area (Å²) in [5.41, 5.74) is 3.02. The second kappa shape index (κ2) is 9.46. The van der Waals surface area contributed by atoms with Crippen LogP contribution in [-0.2, 0) is 18.4 Å². The number of hydrogen-bond donors (Lipinski definition) is 0. The number of alkyl halides is 2. The predicted molar refractivity (Wildman–Crippen MR) is 113 cm³/mol. The number of pyridine rings is 2. The lowest BCUT2D eigenvalue weighted by Gasteiger charge is -2.09. The number of halogens is 2. The van der Waals surface area contributed by atoms with Gasteiger partial charge in [0.05, 0.1) is 11.5 Å². The van der Waals surface area contributed by atoms with E-state index in [1.165, 1.54) is 27.4 Å². The first-order valence-corrected chi connectivity index (χ1v) is 9.57. The highest BCUT2D eigenvalue weighted by atomic mass is 19.3. The van der Waals surface area contributed by atoms with Crippen LogP contribution in [0.3, 0.4) is 0 Å². The van der Waals surface area contributed by atoms with E-state index in [0.29, 0.717) is 23.0 Å². The van der Waals surface area contributed by atoms with Crippen molar-refractivity contribution in [3.63, 3.8) is 0 Å². The van der Waals surface area contributed by atoms with Gasteiger partial charge in [0.2, 0.25) is 5.56 Å². The van der Waals surface area contributed by atoms with E-state index in [0.717, 1.165) is 17.3 Å². The minimum absolute atomic E-state index is 0.0643. The summed E-state index contributed by atoms with van der Waals surface area (Å²) in [6.07, 6.45) is 4.06. The van der Waals surface area contributed by atoms with Crippen molar-refractivity contribution in [2.45, 2.75) is 33.8 Å². The van der Waals surface area contributed by atoms with E-state index in [2.05, 4.69) is 15.3 Å². The van der Waals surface area contributed by atoms with Crippen LogP contribution < -0.4 is 5.56 Å². The Balaban J connectivity index is 1.72. The number of aryl methyl sites for hydroxylation is 2. The maximum Gasteiger partial charge on any atom is 0.265 e. The molecule has 7 nitrogen and oxygen atoms in total. The summed E-state index contributed by atoms with van der Waals surface area (Å²) in [6.45, 7) is 5.75. The first-order valence-electron chi connectivity index (χ1n) is 9.57. The molecule has 0 fully saturated rings. The molecule has 3 rings (SSSR count). The molecule has 0 unspecified atom stereocenters. The third kappa shape index (κ3) is 5.30. The predicted octanol–water partition coefficient (Wildman–Crippen LogP) is 4.13. The quantitative estimate of drug-likeness (QED) is 0.419. The third-order valence-electron chi connectivity index (χ3n) is 4.74. The molecule has 31 heavy (non-hydrogen) atoms. The van der Waals surface area contributed by atoms with Crippen molar-refractivity contribution in [2.75, 3.05) is 0 Å². The highest BCUT2D eigenvalue weighted by molar-refractivity contribution is 5.64. The molecule has 0 spiro atoms. The Labute approximate surface area is 178 Å². The van der Waals surface area contributed by atoms with Crippen LogP contribution in [0.25, 0.3) is 11.4 Å². The van der Waals surface area contributed by atoms with E-state index in [4.69, 9.17) is 4.74 Å². The van der Waals surface area contributed by atoms with Crippen molar-refractivity contribution >= 4 is 5.57 Å². The van der Waals surface area contributed by atoms with Gasteiger partial charge in [-0.25, -0.2) is 13.8 Å². The summed E-state index contributed by atoms with van der Waals surface area (Å²) < 4.78 is 34.3. The van der Waals surface area contributed by atoms with Gasteiger partial charge in [0.15, 0.2) is 5.82 Å². The summed E-state index contributed by atoms with van der Waals surface area (Å²) in [7, 11) is 1.71. The zero-order valence-electron chi connectivity index (χ0n) is 17.7. The Kier molecular flexibility index (Phi) is 6.74. The van der Waals surface area contributed by atoms with E-state index in [9.17, 15) is 13.6 Å². The molecule has 0 aromatic carbocycles. The second-order valence-electron chi connectivity index (χ2n) is 7.07. The number of rotatable bonds is 7. The molecule has 0 aliphatic carbocycles. The molecule has 0 bridgehead atoms. The van der Waals surface area contributed by atoms with Crippen LogP contribution in [0, 0.1) is 6.92 Å². The van der Waals surface area contributed by atoms with Crippen molar-refractivity contribution in [1.29, 1.82) is 0 Å². The molecule has 0 radical (unpaired) electrons. The molecular weight excluding hydrogens is 404 g/mol. The monoisotopic (exact) mass is 427 g/mol. The summed E-state index contributed by atoms with van der Waals surface area (Å²) in [4.78, 5) is 15.6. The molecule has 0 saturated heterocycles. The molecule has 3 aromatic rings. The van der Waals surface area contributed by atoms with E-state index >= 15 is 0 Å². The molecule has 3 heterocycles.